The Morgan fingerprint density at radius 2 is 1.91 bits per heavy atom. The van der Waals surface area contributed by atoms with Gasteiger partial charge in [0.2, 0.25) is 0 Å². The third-order valence-corrected chi connectivity index (χ3v) is 2.16. The van der Waals surface area contributed by atoms with E-state index in [1.165, 1.54) is 0 Å². The SMILES string of the molecule is COC(CCCO[SiH2]C)OC. The van der Waals surface area contributed by atoms with Crippen LogP contribution in [0.1, 0.15) is 12.8 Å². The summed E-state index contributed by atoms with van der Waals surface area (Å²) in [4.78, 5) is 0. The number of hydrogen-bond donors (Lipinski definition) is 0. The first kappa shape index (κ1) is 11.1. The molecule has 0 N–H and O–H groups in total. The molecule has 0 aliphatic rings. The van der Waals surface area contributed by atoms with Gasteiger partial charge < -0.3 is 13.9 Å². The summed E-state index contributed by atoms with van der Waals surface area (Å²) >= 11 is 0. The van der Waals surface area contributed by atoms with E-state index < -0.39 is 0 Å². The molecule has 0 bridgehead atoms. The van der Waals surface area contributed by atoms with Crippen molar-refractivity contribution in [3.05, 3.63) is 0 Å². The molecule has 0 fully saturated rings. The molecule has 0 rings (SSSR count). The van der Waals surface area contributed by atoms with Crippen molar-refractivity contribution in [2.75, 3.05) is 20.8 Å². The van der Waals surface area contributed by atoms with E-state index in [2.05, 4.69) is 6.55 Å². The van der Waals surface area contributed by atoms with Crippen LogP contribution in [-0.4, -0.2) is 36.9 Å². The fourth-order valence-electron chi connectivity index (χ4n) is 0.828. The van der Waals surface area contributed by atoms with E-state index in [-0.39, 0.29) is 16.1 Å². The molecule has 0 aliphatic heterocycles. The molecule has 0 spiro atoms. The smallest absolute Gasteiger partial charge is 0.158 e. The monoisotopic (exact) mass is 178 g/mol. The van der Waals surface area contributed by atoms with E-state index in [1.54, 1.807) is 14.2 Å². The third-order valence-electron chi connectivity index (χ3n) is 1.46. The van der Waals surface area contributed by atoms with Gasteiger partial charge in [0, 0.05) is 27.2 Å². The van der Waals surface area contributed by atoms with E-state index in [1.807, 2.05) is 0 Å². The van der Waals surface area contributed by atoms with Gasteiger partial charge in [0.15, 0.2) is 16.1 Å². The topological polar surface area (TPSA) is 27.7 Å². The first-order valence-electron chi connectivity index (χ1n) is 3.98. The standard InChI is InChI=1S/C7H18O3Si/c1-8-7(9-2)5-4-6-10-11-3/h7H,4-6,11H2,1-3H3. The zero-order chi connectivity index (χ0) is 8.53. The first-order chi connectivity index (χ1) is 5.35. The van der Waals surface area contributed by atoms with Crippen molar-refractivity contribution < 1.29 is 13.9 Å². The second kappa shape index (κ2) is 8.20. The maximum absolute atomic E-state index is 5.30. The van der Waals surface area contributed by atoms with Crippen LogP contribution in [0.25, 0.3) is 0 Å². The Morgan fingerprint density at radius 1 is 1.27 bits per heavy atom. The minimum Gasteiger partial charge on any atom is -0.424 e. The van der Waals surface area contributed by atoms with Crippen molar-refractivity contribution in [3.8, 4) is 0 Å². The average molecular weight is 178 g/mol. The molecule has 0 unspecified atom stereocenters. The average Bonchev–Trinajstić information content (AvgIpc) is 2.05. The summed E-state index contributed by atoms with van der Waals surface area (Å²) in [5.74, 6) is 0. The number of methoxy groups -OCH3 is 2. The minimum atomic E-state index is -0.225. The largest absolute Gasteiger partial charge is 0.424 e. The Hall–Kier alpha value is 0.0969. The summed E-state index contributed by atoms with van der Waals surface area (Å²) in [5, 5.41) is 0. The van der Waals surface area contributed by atoms with Crippen LogP contribution in [0, 0.1) is 0 Å². The second-order valence-electron chi connectivity index (χ2n) is 2.24. The molecular weight excluding hydrogens is 160 g/mol. The Kier molecular flexibility index (Phi) is 8.27. The van der Waals surface area contributed by atoms with Crippen LogP contribution in [0.15, 0.2) is 0 Å². The molecule has 0 aliphatic carbocycles. The van der Waals surface area contributed by atoms with Crippen molar-refractivity contribution in [2.45, 2.75) is 25.7 Å². The summed E-state index contributed by atoms with van der Waals surface area (Å²) < 4.78 is 15.3. The van der Waals surface area contributed by atoms with Gasteiger partial charge in [-0.15, -0.1) is 0 Å². The molecule has 0 aromatic carbocycles. The van der Waals surface area contributed by atoms with Crippen LogP contribution in [0.4, 0.5) is 0 Å². The molecule has 0 amide bonds. The zero-order valence-electron chi connectivity index (χ0n) is 7.63. The number of rotatable bonds is 7. The molecular formula is C7H18O3Si. The van der Waals surface area contributed by atoms with E-state index >= 15 is 0 Å². The van der Waals surface area contributed by atoms with Gasteiger partial charge in [0.25, 0.3) is 0 Å². The third kappa shape index (κ3) is 6.49. The molecule has 0 heterocycles. The molecule has 4 heteroatoms. The van der Waals surface area contributed by atoms with Crippen LogP contribution in [0.3, 0.4) is 0 Å². The molecule has 0 aromatic rings. The van der Waals surface area contributed by atoms with Crippen molar-refractivity contribution in [1.82, 2.24) is 0 Å². The summed E-state index contributed by atoms with van der Waals surface area (Å²) in [6, 6.07) is 0. The highest BCUT2D eigenvalue weighted by atomic mass is 28.2. The lowest BCUT2D eigenvalue weighted by Crippen LogP contribution is -2.13. The quantitative estimate of drug-likeness (QED) is 0.323. The fraction of sp³-hybridized carbons (Fsp3) is 1.00. The van der Waals surface area contributed by atoms with Gasteiger partial charge in [-0.1, -0.05) is 6.55 Å². The highest BCUT2D eigenvalue weighted by molar-refractivity contribution is 6.24. The minimum absolute atomic E-state index is 0.0582. The summed E-state index contributed by atoms with van der Waals surface area (Å²) in [7, 11) is 3.09. The van der Waals surface area contributed by atoms with E-state index in [4.69, 9.17) is 13.9 Å². The van der Waals surface area contributed by atoms with Crippen molar-refractivity contribution in [3.63, 3.8) is 0 Å². The summed E-state index contributed by atoms with van der Waals surface area (Å²) in [6.45, 7) is 2.98. The molecule has 0 saturated heterocycles. The Labute approximate surface area is 71.0 Å². The Bertz CT molecular complexity index is 76.1. The summed E-state index contributed by atoms with van der Waals surface area (Å²) in [6.07, 6.45) is 1.88. The van der Waals surface area contributed by atoms with E-state index in [0.29, 0.717) is 0 Å². The van der Waals surface area contributed by atoms with E-state index in [0.717, 1.165) is 19.4 Å². The Balaban J connectivity index is 3.07. The molecule has 3 nitrogen and oxygen atoms in total. The lowest BCUT2D eigenvalue weighted by Gasteiger charge is -2.12. The lowest BCUT2D eigenvalue weighted by atomic mass is 10.3. The maximum Gasteiger partial charge on any atom is 0.158 e. The van der Waals surface area contributed by atoms with Gasteiger partial charge in [0.1, 0.15) is 0 Å². The normalized spacial score (nSPS) is 12.0. The maximum atomic E-state index is 5.30. The lowest BCUT2D eigenvalue weighted by molar-refractivity contribution is -0.107. The van der Waals surface area contributed by atoms with Gasteiger partial charge in [-0.2, -0.15) is 0 Å². The van der Waals surface area contributed by atoms with Crippen LogP contribution in [0.5, 0.6) is 0 Å². The van der Waals surface area contributed by atoms with E-state index in [9.17, 15) is 0 Å². The predicted octanol–water partition coefficient (Wildman–Crippen LogP) is 0.534. The molecule has 0 radical (unpaired) electrons. The van der Waals surface area contributed by atoms with Gasteiger partial charge in [-0.05, 0) is 6.42 Å². The van der Waals surface area contributed by atoms with Gasteiger partial charge in [-0.3, -0.25) is 0 Å². The van der Waals surface area contributed by atoms with Crippen molar-refractivity contribution >= 4 is 9.76 Å². The molecule has 0 atom stereocenters. The molecule has 0 aromatic heterocycles. The van der Waals surface area contributed by atoms with Crippen LogP contribution < -0.4 is 0 Å². The van der Waals surface area contributed by atoms with Crippen molar-refractivity contribution in [1.29, 1.82) is 0 Å². The fourth-order valence-corrected chi connectivity index (χ4v) is 1.32. The first-order valence-corrected chi connectivity index (χ1v) is 5.97. The Morgan fingerprint density at radius 3 is 2.36 bits per heavy atom. The van der Waals surface area contributed by atoms with Gasteiger partial charge in [-0.25, -0.2) is 0 Å². The van der Waals surface area contributed by atoms with Crippen LogP contribution in [-0.2, 0) is 13.9 Å². The van der Waals surface area contributed by atoms with Crippen molar-refractivity contribution in [2.24, 2.45) is 0 Å². The second-order valence-corrected chi connectivity index (χ2v) is 3.23. The predicted molar refractivity (Wildman–Crippen MR) is 47.4 cm³/mol. The number of hydrogen-bond acceptors (Lipinski definition) is 3. The van der Waals surface area contributed by atoms with Gasteiger partial charge >= 0.3 is 0 Å². The molecule has 68 valence electrons. The number of ether oxygens (including phenoxy) is 2. The summed E-state index contributed by atoms with van der Waals surface area (Å²) in [5.41, 5.74) is 0. The highest BCUT2D eigenvalue weighted by Gasteiger charge is 2.02. The molecule has 11 heavy (non-hydrogen) atoms. The van der Waals surface area contributed by atoms with Crippen LogP contribution >= 0.6 is 0 Å². The van der Waals surface area contributed by atoms with Crippen LogP contribution in [0.2, 0.25) is 6.55 Å². The molecule has 0 saturated carbocycles. The zero-order valence-corrected chi connectivity index (χ0v) is 9.04. The van der Waals surface area contributed by atoms with Gasteiger partial charge in [0.05, 0.1) is 0 Å². The highest BCUT2D eigenvalue weighted by Crippen LogP contribution is 2.01.